The Bertz CT molecular complexity index is 1150. The lowest BCUT2D eigenvalue weighted by Crippen LogP contribution is -2.28. The van der Waals surface area contributed by atoms with Gasteiger partial charge in [-0.3, -0.25) is 14.4 Å². The van der Waals surface area contributed by atoms with Crippen molar-refractivity contribution in [2.75, 3.05) is 22.1 Å². The molecule has 0 radical (unpaired) electrons. The molecule has 1 aliphatic heterocycles. The maximum absolute atomic E-state index is 12.7. The zero-order valence-corrected chi connectivity index (χ0v) is 18.7. The number of aromatic nitrogens is 2. The summed E-state index contributed by atoms with van der Waals surface area (Å²) in [5, 5.41) is 15.5. The van der Waals surface area contributed by atoms with Crippen molar-refractivity contribution in [1.29, 1.82) is 0 Å². The van der Waals surface area contributed by atoms with E-state index in [0.29, 0.717) is 27.9 Å². The van der Waals surface area contributed by atoms with Crippen LogP contribution in [0.1, 0.15) is 23.9 Å². The van der Waals surface area contributed by atoms with Gasteiger partial charge in [-0.2, -0.15) is 0 Å². The van der Waals surface area contributed by atoms with Gasteiger partial charge in [0.25, 0.3) is 0 Å². The van der Waals surface area contributed by atoms with E-state index >= 15 is 0 Å². The molecule has 3 amide bonds. The number of carbonyl (C=O) groups is 3. The second-order valence-corrected chi connectivity index (χ2v) is 8.93. The number of amides is 3. The number of hydrogen-bond acceptors (Lipinski definition) is 6. The summed E-state index contributed by atoms with van der Waals surface area (Å²) in [5.41, 5.74) is 2.37. The van der Waals surface area contributed by atoms with Crippen LogP contribution in [-0.4, -0.2) is 34.5 Å². The zero-order chi connectivity index (χ0) is 22.7. The fourth-order valence-electron chi connectivity index (χ4n) is 3.42. The van der Waals surface area contributed by atoms with Gasteiger partial charge in [0.15, 0.2) is 0 Å². The van der Waals surface area contributed by atoms with E-state index in [2.05, 4.69) is 20.8 Å². The van der Waals surface area contributed by atoms with Crippen molar-refractivity contribution in [1.82, 2.24) is 10.2 Å². The van der Waals surface area contributed by atoms with Crippen LogP contribution in [0, 0.1) is 5.92 Å². The Balaban J connectivity index is 1.35. The molecule has 164 valence electrons. The van der Waals surface area contributed by atoms with Crippen molar-refractivity contribution in [2.45, 2.75) is 19.8 Å². The topological polar surface area (TPSA) is 104 Å². The van der Waals surface area contributed by atoms with E-state index in [4.69, 9.17) is 11.6 Å². The molecule has 2 aromatic carbocycles. The second-order valence-electron chi connectivity index (χ2n) is 7.43. The Morgan fingerprint density at radius 2 is 1.81 bits per heavy atom. The van der Waals surface area contributed by atoms with E-state index in [1.165, 1.54) is 18.3 Å². The van der Waals surface area contributed by atoms with Crippen molar-refractivity contribution in [3.05, 3.63) is 64.1 Å². The summed E-state index contributed by atoms with van der Waals surface area (Å²) in [4.78, 5) is 37.9. The summed E-state index contributed by atoms with van der Waals surface area (Å²) in [6, 6.07) is 14.4. The van der Waals surface area contributed by atoms with E-state index in [-0.39, 0.29) is 30.7 Å². The smallest absolute Gasteiger partial charge is 0.231 e. The van der Waals surface area contributed by atoms with Crippen LogP contribution in [0.25, 0.3) is 0 Å². The van der Waals surface area contributed by atoms with E-state index in [1.54, 1.807) is 29.2 Å². The molecule has 1 aromatic heterocycles. The van der Waals surface area contributed by atoms with E-state index in [1.807, 2.05) is 24.3 Å². The van der Waals surface area contributed by atoms with Crippen LogP contribution in [-0.2, 0) is 20.8 Å². The van der Waals surface area contributed by atoms with Gasteiger partial charge < -0.3 is 15.5 Å². The third-order valence-electron chi connectivity index (χ3n) is 4.96. The lowest BCUT2D eigenvalue weighted by molar-refractivity contribution is -0.122. The van der Waals surface area contributed by atoms with Gasteiger partial charge in [-0.05, 0) is 42.0 Å². The highest BCUT2D eigenvalue weighted by atomic mass is 35.5. The predicted octanol–water partition coefficient (Wildman–Crippen LogP) is 3.73. The lowest BCUT2D eigenvalue weighted by Gasteiger charge is -2.17. The summed E-state index contributed by atoms with van der Waals surface area (Å²) in [5.74, 6) is -1.04. The van der Waals surface area contributed by atoms with Gasteiger partial charge in [-0.15, -0.1) is 10.2 Å². The van der Waals surface area contributed by atoms with Crippen LogP contribution in [0.5, 0.6) is 0 Å². The minimum Gasteiger partial charge on any atom is -0.326 e. The average Bonchev–Trinajstić information content (AvgIpc) is 3.36. The van der Waals surface area contributed by atoms with Crippen LogP contribution < -0.4 is 15.5 Å². The number of anilines is 3. The summed E-state index contributed by atoms with van der Waals surface area (Å²) in [7, 11) is 0. The molecule has 8 nitrogen and oxygen atoms in total. The fraction of sp³-hybridized carbons (Fsp3) is 0.227. The van der Waals surface area contributed by atoms with Gasteiger partial charge in [0.1, 0.15) is 5.01 Å². The van der Waals surface area contributed by atoms with Gasteiger partial charge in [0, 0.05) is 42.7 Å². The Hall–Kier alpha value is -3.30. The van der Waals surface area contributed by atoms with Crippen molar-refractivity contribution in [3.63, 3.8) is 0 Å². The van der Waals surface area contributed by atoms with Crippen molar-refractivity contribution < 1.29 is 14.4 Å². The molecule has 0 bridgehead atoms. The molecular weight excluding hydrogens is 450 g/mol. The first kappa shape index (κ1) is 21.9. The molecule has 4 rings (SSSR count). The van der Waals surface area contributed by atoms with Gasteiger partial charge in [0.2, 0.25) is 22.9 Å². The standard InChI is InChI=1S/C22H20ClN5O3S/c1-13(29)24-17-6-8-18(9-7-17)28-12-15(11-20(28)30)21(31)25-22-27-26-19(32-22)10-14-2-4-16(23)5-3-14/h2-9,15H,10-12H2,1H3,(H,24,29)(H,25,27,31). The quantitative estimate of drug-likeness (QED) is 0.572. The molecule has 1 aliphatic rings. The fourth-order valence-corrected chi connectivity index (χ4v) is 4.32. The molecule has 1 unspecified atom stereocenters. The first-order valence-electron chi connectivity index (χ1n) is 9.93. The maximum atomic E-state index is 12.7. The van der Waals surface area contributed by atoms with Crippen molar-refractivity contribution >= 4 is 57.2 Å². The highest BCUT2D eigenvalue weighted by molar-refractivity contribution is 7.15. The van der Waals surface area contributed by atoms with Gasteiger partial charge in [-0.1, -0.05) is 35.1 Å². The minimum atomic E-state index is -0.485. The van der Waals surface area contributed by atoms with Crippen LogP contribution in [0.4, 0.5) is 16.5 Å². The number of halogens is 1. The highest BCUT2D eigenvalue weighted by Gasteiger charge is 2.35. The number of benzene rings is 2. The predicted molar refractivity (Wildman–Crippen MR) is 124 cm³/mol. The lowest BCUT2D eigenvalue weighted by atomic mass is 10.1. The van der Waals surface area contributed by atoms with E-state index in [0.717, 1.165) is 10.6 Å². The molecule has 0 aliphatic carbocycles. The molecule has 1 saturated heterocycles. The third-order valence-corrected chi connectivity index (χ3v) is 6.05. The largest absolute Gasteiger partial charge is 0.326 e. The monoisotopic (exact) mass is 469 g/mol. The molecule has 3 aromatic rings. The Kier molecular flexibility index (Phi) is 6.48. The minimum absolute atomic E-state index is 0.121. The maximum Gasteiger partial charge on any atom is 0.231 e. The molecular formula is C22H20ClN5O3S. The number of nitrogens with zero attached hydrogens (tertiary/aromatic N) is 3. The third kappa shape index (κ3) is 5.30. The van der Waals surface area contributed by atoms with Crippen LogP contribution in [0.2, 0.25) is 5.02 Å². The molecule has 2 heterocycles. The van der Waals surface area contributed by atoms with Crippen LogP contribution >= 0.6 is 22.9 Å². The van der Waals surface area contributed by atoms with Gasteiger partial charge in [0.05, 0.1) is 5.92 Å². The molecule has 0 saturated carbocycles. The van der Waals surface area contributed by atoms with Crippen LogP contribution in [0.15, 0.2) is 48.5 Å². The molecule has 2 N–H and O–H groups in total. The van der Waals surface area contributed by atoms with Crippen molar-refractivity contribution in [3.8, 4) is 0 Å². The Labute approximate surface area is 193 Å². The summed E-state index contributed by atoms with van der Waals surface area (Å²) in [6.45, 7) is 1.71. The highest BCUT2D eigenvalue weighted by Crippen LogP contribution is 2.28. The summed E-state index contributed by atoms with van der Waals surface area (Å²) < 4.78 is 0. The number of rotatable bonds is 6. The molecule has 0 spiro atoms. The zero-order valence-electron chi connectivity index (χ0n) is 17.2. The SMILES string of the molecule is CC(=O)Nc1ccc(N2CC(C(=O)Nc3nnc(Cc4ccc(Cl)cc4)s3)CC2=O)cc1. The number of hydrogen-bond donors (Lipinski definition) is 2. The molecule has 1 atom stereocenters. The summed E-state index contributed by atoms with van der Waals surface area (Å²) >= 11 is 7.21. The Morgan fingerprint density at radius 3 is 2.50 bits per heavy atom. The summed E-state index contributed by atoms with van der Waals surface area (Å²) in [6.07, 6.45) is 0.713. The number of nitrogens with one attached hydrogen (secondary N) is 2. The molecule has 10 heteroatoms. The van der Waals surface area contributed by atoms with Crippen molar-refractivity contribution in [2.24, 2.45) is 5.92 Å². The molecule has 32 heavy (non-hydrogen) atoms. The van der Waals surface area contributed by atoms with E-state index in [9.17, 15) is 14.4 Å². The normalized spacial score (nSPS) is 15.6. The van der Waals surface area contributed by atoms with Gasteiger partial charge >= 0.3 is 0 Å². The molecule has 1 fully saturated rings. The second kappa shape index (κ2) is 9.46. The first-order chi connectivity index (χ1) is 15.4. The Morgan fingerprint density at radius 1 is 1.09 bits per heavy atom. The van der Waals surface area contributed by atoms with Gasteiger partial charge in [-0.25, -0.2) is 0 Å². The van der Waals surface area contributed by atoms with E-state index < -0.39 is 5.92 Å². The number of carbonyl (C=O) groups excluding carboxylic acids is 3. The average molecular weight is 470 g/mol. The first-order valence-corrected chi connectivity index (χ1v) is 11.1. The van der Waals surface area contributed by atoms with Crippen LogP contribution in [0.3, 0.4) is 0 Å².